The third-order valence-electron chi connectivity index (χ3n) is 5.73. The van der Waals surface area contributed by atoms with Crippen LogP contribution in [0, 0.1) is 0 Å². The molecule has 1 aliphatic heterocycles. The van der Waals surface area contributed by atoms with Crippen LogP contribution >= 0.6 is 11.6 Å². The van der Waals surface area contributed by atoms with Crippen LogP contribution in [0.15, 0.2) is 30.3 Å². The molecule has 0 atom stereocenters. The van der Waals surface area contributed by atoms with Crippen molar-refractivity contribution >= 4 is 40.7 Å². The van der Waals surface area contributed by atoms with Crippen molar-refractivity contribution in [1.82, 2.24) is 4.90 Å². The maximum absolute atomic E-state index is 13.6. The number of halogens is 4. The molecule has 3 rings (SSSR count). The molecule has 1 aliphatic rings. The van der Waals surface area contributed by atoms with Gasteiger partial charge in [-0.2, -0.15) is 13.2 Å². The van der Waals surface area contributed by atoms with Gasteiger partial charge in [-0.05, 0) is 37.4 Å². The van der Waals surface area contributed by atoms with Crippen molar-refractivity contribution in [1.29, 1.82) is 0 Å². The van der Waals surface area contributed by atoms with Gasteiger partial charge in [0.05, 0.1) is 27.5 Å². The zero-order chi connectivity index (χ0) is 26.1. The van der Waals surface area contributed by atoms with Crippen LogP contribution in [-0.2, 0) is 15.8 Å². The maximum atomic E-state index is 13.6. The third-order valence-corrected chi connectivity index (χ3v) is 6.03. The fourth-order valence-corrected chi connectivity index (χ4v) is 4.15. The standard InChI is InChI=1S/C24H25ClF3N3O4/c1-5-29(6-2)9-10-30-19-8-7-16(24(26,27)28)11-22(19)35-21-13-20(31(14(3)32)15(4)33)18(25)12-17(21)23(30)34/h7-8,11-13H,5-6,9-10H2,1-4H3. The second kappa shape index (κ2) is 10.2. The highest BCUT2D eigenvalue weighted by atomic mass is 35.5. The van der Waals surface area contributed by atoms with E-state index in [-0.39, 0.29) is 40.0 Å². The number of imide groups is 1. The fourth-order valence-electron chi connectivity index (χ4n) is 3.90. The summed E-state index contributed by atoms with van der Waals surface area (Å²) in [4.78, 5) is 41.9. The lowest BCUT2D eigenvalue weighted by Gasteiger charge is -2.26. The minimum Gasteiger partial charge on any atom is -0.454 e. The summed E-state index contributed by atoms with van der Waals surface area (Å²) >= 11 is 6.35. The molecular weight excluding hydrogens is 487 g/mol. The maximum Gasteiger partial charge on any atom is 0.416 e. The summed E-state index contributed by atoms with van der Waals surface area (Å²) in [6, 6.07) is 5.39. The number of benzene rings is 2. The van der Waals surface area contributed by atoms with E-state index in [0.29, 0.717) is 6.54 Å². The number of likely N-dealkylation sites (N-methyl/N-ethyl adjacent to an activating group) is 1. The van der Waals surface area contributed by atoms with Gasteiger partial charge in [-0.1, -0.05) is 25.4 Å². The second-order valence-electron chi connectivity index (χ2n) is 7.94. The topological polar surface area (TPSA) is 70.2 Å². The van der Waals surface area contributed by atoms with E-state index in [4.69, 9.17) is 16.3 Å². The molecule has 0 saturated carbocycles. The number of amides is 3. The van der Waals surface area contributed by atoms with Crippen LogP contribution in [0.2, 0.25) is 5.02 Å². The van der Waals surface area contributed by atoms with Crippen molar-refractivity contribution in [3.63, 3.8) is 0 Å². The van der Waals surface area contributed by atoms with Gasteiger partial charge < -0.3 is 14.5 Å². The third kappa shape index (κ3) is 5.43. The molecule has 0 radical (unpaired) electrons. The average molecular weight is 512 g/mol. The SMILES string of the molecule is CCN(CC)CCN1C(=O)c2cc(Cl)c(N(C(C)=O)C(C)=O)cc2Oc2cc(C(F)(F)F)ccc21. The predicted molar refractivity (Wildman–Crippen MR) is 126 cm³/mol. The Labute approximate surface area is 206 Å². The van der Waals surface area contributed by atoms with Gasteiger partial charge >= 0.3 is 6.18 Å². The number of hydrogen-bond acceptors (Lipinski definition) is 5. The van der Waals surface area contributed by atoms with Crippen molar-refractivity contribution in [2.45, 2.75) is 33.9 Å². The number of nitrogens with zero attached hydrogens (tertiary/aromatic N) is 3. The minimum absolute atomic E-state index is 0.00453. The lowest BCUT2D eigenvalue weighted by molar-refractivity contribution is -0.137. The van der Waals surface area contributed by atoms with E-state index >= 15 is 0 Å². The van der Waals surface area contributed by atoms with E-state index in [1.165, 1.54) is 23.1 Å². The average Bonchev–Trinajstić information content (AvgIpc) is 2.88. The van der Waals surface area contributed by atoms with Gasteiger partial charge in [0.2, 0.25) is 11.8 Å². The van der Waals surface area contributed by atoms with Crippen molar-refractivity contribution in [3.8, 4) is 11.5 Å². The smallest absolute Gasteiger partial charge is 0.416 e. The summed E-state index contributed by atoms with van der Waals surface area (Å²) in [6.07, 6.45) is -4.63. The lowest BCUT2D eigenvalue weighted by atomic mass is 10.1. The first-order valence-corrected chi connectivity index (χ1v) is 11.3. The molecule has 1 heterocycles. The predicted octanol–water partition coefficient (Wildman–Crippen LogP) is 5.35. The molecule has 0 N–H and O–H groups in total. The highest BCUT2D eigenvalue weighted by molar-refractivity contribution is 6.35. The number of anilines is 2. The van der Waals surface area contributed by atoms with Gasteiger partial charge in [0.15, 0.2) is 5.75 Å². The number of carbonyl (C=O) groups is 3. The van der Waals surface area contributed by atoms with Gasteiger partial charge in [0.1, 0.15) is 5.75 Å². The first-order chi connectivity index (χ1) is 16.4. The molecule has 0 aliphatic carbocycles. The van der Waals surface area contributed by atoms with Crippen molar-refractivity contribution < 1.29 is 32.3 Å². The first kappa shape index (κ1) is 26.5. The van der Waals surface area contributed by atoms with Gasteiger partial charge in [-0.25, -0.2) is 4.90 Å². The van der Waals surface area contributed by atoms with Crippen molar-refractivity contribution in [3.05, 3.63) is 46.5 Å². The van der Waals surface area contributed by atoms with E-state index < -0.39 is 29.5 Å². The molecule has 35 heavy (non-hydrogen) atoms. The number of carbonyl (C=O) groups excluding carboxylic acids is 3. The molecule has 11 heteroatoms. The number of alkyl halides is 3. The zero-order valence-corrected chi connectivity index (χ0v) is 20.5. The molecule has 0 spiro atoms. The van der Waals surface area contributed by atoms with Crippen LogP contribution in [0.3, 0.4) is 0 Å². The van der Waals surface area contributed by atoms with E-state index in [1.54, 1.807) is 0 Å². The van der Waals surface area contributed by atoms with Gasteiger partial charge in [-0.15, -0.1) is 0 Å². The monoisotopic (exact) mass is 511 g/mol. The lowest BCUT2D eigenvalue weighted by Crippen LogP contribution is -2.38. The molecular formula is C24H25ClF3N3O4. The molecule has 0 fully saturated rings. The van der Waals surface area contributed by atoms with Crippen LogP contribution in [-0.4, -0.2) is 48.8 Å². The number of ether oxygens (including phenoxy) is 1. The van der Waals surface area contributed by atoms with E-state index in [9.17, 15) is 27.6 Å². The molecule has 3 amide bonds. The minimum atomic E-state index is -4.63. The van der Waals surface area contributed by atoms with Crippen molar-refractivity contribution in [2.24, 2.45) is 0 Å². The number of hydrogen-bond donors (Lipinski definition) is 0. The van der Waals surface area contributed by atoms with Crippen LogP contribution in [0.25, 0.3) is 0 Å². The highest BCUT2D eigenvalue weighted by Crippen LogP contribution is 2.45. The molecule has 2 aromatic carbocycles. The quantitative estimate of drug-likeness (QED) is 0.523. The van der Waals surface area contributed by atoms with E-state index in [0.717, 1.165) is 44.0 Å². The second-order valence-corrected chi connectivity index (χ2v) is 8.35. The summed E-state index contributed by atoms with van der Waals surface area (Å²) in [6.45, 7) is 8.38. The Kier molecular flexibility index (Phi) is 7.76. The normalized spacial score (nSPS) is 13.2. The summed E-state index contributed by atoms with van der Waals surface area (Å²) in [5.74, 6) is -2.08. The fraction of sp³-hybridized carbons (Fsp3) is 0.375. The molecule has 0 saturated heterocycles. The molecule has 0 aromatic heterocycles. The van der Waals surface area contributed by atoms with Crippen LogP contribution in [0.5, 0.6) is 11.5 Å². The Balaban J connectivity index is 2.19. The largest absolute Gasteiger partial charge is 0.454 e. The summed E-state index contributed by atoms with van der Waals surface area (Å²) < 4.78 is 46.1. The number of fused-ring (bicyclic) bond motifs is 2. The van der Waals surface area contributed by atoms with Gasteiger partial charge in [0.25, 0.3) is 5.91 Å². The first-order valence-electron chi connectivity index (χ1n) is 11.0. The highest BCUT2D eigenvalue weighted by Gasteiger charge is 2.35. The Hall–Kier alpha value is -3.11. The van der Waals surface area contributed by atoms with Crippen molar-refractivity contribution in [2.75, 3.05) is 36.0 Å². The Morgan fingerprint density at radius 3 is 2.20 bits per heavy atom. The Morgan fingerprint density at radius 1 is 1.03 bits per heavy atom. The molecule has 7 nitrogen and oxygen atoms in total. The molecule has 0 unspecified atom stereocenters. The van der Waals surface area contributed by atoms with E-state index in [2.05, 4.69) is 4.90 Å². The van der Waals surface area contributed by atoms with Crippen LogP contribution in [0.4, 0.5) is 24.5 Å². The molecule has 0 bridgehead atoms. The molecule has 188 valence electrons. The summed E-state index contributed by atoms with van der Waals surface area (Å²) in [5.41, 5.74) is -0.823. The van der Waals surface area contributed by atoms with Crippen LogP contribution in [0.1, 0.15) is 43.6 Å². The molecule has 2 aromatic rings. The van der Waals surface area contributed by atoms with E-state index in [1.807, 2.05) is 13.8 Å². The Morgan fingerprint density at radius 2 is 1.66 bits per heavy atom. The summed E-state index contributed by atoms with van der Waals surface area (Å²) in [7, 11) is 0. The Bertz CT molecular complexity index is 1150. The van der Waals surface area contributed by atoms with Crippen LogP contribution < -0.4 is 14.5 Å². The summed E-state index contributed by atoms with van der Waals surface area (Å²) in [5, 5.41) is -0.0586. The van der Waals surface area contributed by atoms with Gasteiger partial charge in [-0.3, -0.25) is 14.4 Å². The van der Waals surface area contributed by atoms with Gasteiger partial charge in [0, 0.05) is 33.0 Å². The number of rotatable bonds is 6. The zero-order valence-electron chi connectivity index (χ0n) is 19.7.